The topological polar surface area (TPSA) is 78.9 Å². The number of ether oxygens (including phenoxy) is 3. The van der Waals surface area contributed by atoms with Crippen LogP contribution in [0.2, 0.25) is 0 Å². The van der Waals surface area contributed by atoms with Crippen LogP contribution in [0.5, 0.6) is 0 Å². The van der Waals surface area contributed by atoms with Gasteiger partial charge in [-0.25, -0.2) is 0 Å². The normalized spacial score (nSPS) is 12.6. The van der Waals surface area contributed by atoms with Crippen molar-refractivity contribution in [2.45, 2.75) is 284 Å². The Morgan fingerprint density at radius 1 is 0.313 bits per heavy atom. The quantitative estimate of drug-likeness (QED) is 0.0262. The highest BCUT2D eigenvalue weighted by atomic mass is 16.6. The second kappa shape index (κ2) is 55.4. The number of hydrogen-bond acceptors (Lipinski definition) is 6. The van der Waals surface area contributed by atoms with Crippen LogP contribution < -0.4 is 0 Å². The molecule has 0 radical (unpaired) electrons. The van der Waals surface area contributed by atoms with Crippen LogP contribution in [0.3, 0.4) is 0 Å². The molecule has 0 saturated heterocycles. The van der Waals surface area contributed by atoms with Crippen molar-refractivity contribution < 1.29 is 28.6 Å². The molecule has 0 aliphatic heterocycles. The van der Waals surface area contributed by atoms with Crippen LogP contribution in [-0.4, -0.2) is 37.2 Å². The van der Waals surface area contributed by atoms with Gasteiger partial charge >= 0.3 is 17.9 Å². The Kier molecular flexibility index (Phi) is 52.8. The molecule has 0 aromatic carbocycles. The van der Waals surface area contributed by atoms with Gasteiger partial charge in [-0.05, 0) is 89.9 Å². The fraction of sp³-hybridized carbons (Fsp3) is 0.754. The van der Waals surface area contributed by atoms with Crippen molar-refractivity contribution in [1.82, 2.24) is 0 Å². The summed E-state index contributed by atoms with van der Waals surface area (Å²) in [6.07, 6.45) is 70.6. The van der Waals surface area contributed by atoms with Gasteiger partial charge in [-0.3, -0.25) is 14.4 Å². The standard InChI is InChI=1S/C61H106O6/c1-4-7-10-13-16-18-20-22-24-25-26-27-28-29-30-31-32-33-34-35-37-38-40-42-45-48-51-54-60(63)66-57-58(56-65-59(62)53-50-47-44-15-12-9-6-3)67-61(64)55-52-49-46-43-41-39-36-23-21-19-17-14-11-8-5-2/h7,10,16-19,22-24,26-27,36,58H,4-6,8-9,11-15,20-21,25,28-35,37-57H2,1-3H3/b10-7-,18-16-,19-17-,24-22-,27-26-,36-23-. The zero-order valence-electron chi connectivity index (χ0n) is 44.2. The second-order valence-corrected chi connectivity index (χ2v) is 18.8. The first-order valence-electron chi connectivity index (χ1n) is 28.4. The first kappa shape index (κ1) is 63.8. The first-order valence-corrected chi connectivity index (χ1v) is 28.4. The molecule has 1 unspecified atom stereocenters. The lowest BCUT2D eigenvalue weighted by Gasteiger charge is -2.18. The number of hydrogen-bond donors (Lipinski definition) is 0. The van der Waals surface area contributed by atoms with Crippen LogP contribution in [0.25, 0.3) is 0 Å². The van der Waals surface area contributed by atoms with Crippen LogP contribution in [0.1, 0.15) is 278 Å². The van der Waals surface area contributed by atoms with E-state index in [1.54, 1.807) is 0 Å². The summed E-state index contributed by atoms with van der Waals surface area (Å²) in [5.41, 5.74) is 0. The predicted molar refractivity (Wildman–Crippen MR) is 288 cm³/mol. The van der Waals surface area contributed by atoms with Gasteiger partial charge in [0.15, 0.2) is 6.10 Å². The molecule has 0 aliphatic rings. The van der Waals surface area contributed by atoms with E-state index in [0.29, 0.717) is 19.3 Å². The van der Waals surface area contributed by atoms with Crippen molar-refractivity contribution in [2.75, 3.05) is 13.2 Å². The third-order valence-electron chi connectivity index (χ3n) is 12.2. The summed E-state index contributed by atoms with van der Waals surface area (Å²) in [6.45, 7) is 6.46. The highest BCUT2D eigenvalue weighted by Gasteiger charge is 2.19. The predicted octanol–water partition coefficient (Wildman–Crippen LogP) is 19.0. The number of allylic oxidation sites excluding steroid dienone is 12. The minimum atomic E-state index is -0.778. The summed E-state index contributed by atoms with van der Waals surface area (Å²) >= 11 is 0. The molecule has 0 aliphatic carbocycles. The van der Waals surface area contributed by atoms with E-state index >= 15 is 0 Å². The van der Waals surface area contributed by atoms with Gasteiger partial charge < -0.3 is 14.2 Å². The van der Waals surface area contributed by atoms with E-state index in [2.05, 4.69) is 93.7 Å². The molecule has 0 N–H and O–H groups in total. The molecule has 0 rings (SSSR count). The number of esters is 3. The minimum absolute atomic E-state index is 0.0791. The van der Waals surface area contributed by atoms with Crippen molar-refractivity contribution >= 4 is 17.9 Å². The smallest absolute Gasteiger partial charge is 0.306 e. The summed E-state index contributed by atoms with van der Waals surface area (Å²) in [5, 5.41) is 0. The Labute approximate surface area is 414 Å². The maximum atomic E-state index is 12.8. The molecule has 1 atom stereocenters. The van der Waals surface area contributed by atoms with E-state index in [4.69, 9.17) is 14.2 Å². The van der Waals surface area contributed by atoms with Crippen LogP contribution in [0, 0.1) is 0 Å². The molecule has 6 nitrogen and oxygen atoms in total. The fourth-order valence-corrected chi connectivity index (χ4v) is 7.93. The number of carbonyl (C=O) groups is 3. The Morgan fingerprint density at radius 2 is 0.582 bits per heavy atom. The lowest BCUT2D eigenvalue weighted by atomic mass is 10.0. The lowest BCUT2D eigenvalue weighted by molar-refractivity contribution is -0.167. The molecule has 0 saturated carbocycles. The molecule has 0 amide bonds. The van der Waals surface area contributed by atoms with E-state index in [0.717, 1.165) is 109 Å². The maximum absolute atomic E-state index is 12.8. The van der Waals surface area contributed by atoms with Crippen LogP contribution in [0.15, 0.2) is 72.9 Å². The number of unbranched alkanes of at least 4 members (excludes halogenated alkanes) is 28. The van der Waals surface area contributed by atoms with Gasteiger partial charge in [-0.15, -0.1) is 0 Å². The van der Waals surface area contributed by atoms with Gasteiger partial charge in [-0.2, -0.15) is 0 Å². The molecule has 386 valence electrons. The molecule has 0 aromatic heterocycles. The Hall–Kier alpha value is -3.15. The third kappa shape index (κ3) is 53.7. The van der Waals surface area contributed by atoms with E-state index in [9.17, 15) is 14.4 Å². The van der Waals surface area contributed by atoms with Gasteiger partial charge in [0, 0.05) is 19.3 Å². The van der Waals surface area contributed by atoms with Gasteiger partial charge in [0.2, 0.25) is 0 Å². The van der Waals surface area contributed by atoms with Crippen LogP contribution in [-0.2, 0) is 28.6 Å². The van der Waals surface area contributed by atoms with E-state index in [-0.39, 0.29) is 31.1 Å². The molecule has 6 heteroatoms. The van der Waals surface area contributed by atoms with E-state index in [1.165, 1.54) is 128 Å². The largest absolute Gasteiger partial charge is 0.462 e. The molecule has 0 spiro atoms. The van der Waals surface area contributed by atoms with Crippen molar-refractivity contribution in [3.8, 4) is 0 Å². The monoisotopic (exact) mass is 935 g/mol. The van der Waals surface area contributed by atoms with Crippen molar-refractivity contribution in [3.63, 3.8) is 0 Å². The average molecular weight is 936 g/mol. The zero-order chi connectivity index (χ0) is 48.6. The highest BCUT2D eigenvalue weighted by Crippen LogP contribution is 2.16. The summed E-state index contributed by atoms with van der Waals surface area (Å²) < 4.78 is 16.8. The highest BCUT2D eigenvalue weighted by molar-refractivity contribution is 5.71. The summed E-state index contributed by atoms with van der Waals surface area (Å²) in [4.78, 5) is 37.9. The van der Waals surface area contributed by atoms with Gasteiger partial charge in [-0.1, -0.05) is 241 Å². The molecular formula is C61H106O6. The second-order valence-electron chi connectivity index (χ2n) is 18.8. The van der Waals surface area contributed by atoms with E-state index in [1.807, 2.05) is 0 Å². The van der Waals surface area contributed by atoms with Gasteiger partial charge in [0.05, 0.1) is 0 Å². The molecular weight excluding hydrogens is 829 g/mol. The number of carbonyl (C=O) groups excluding carboxylic acids is 3. The summed E-state index contributed by atoms with van der Waals surface area (Å²) in [5.74, 6) is -0.894. The Bertz CT molecular complexity index is 1260. The van der Waals surface area contributed by atoms with Gasteiger partial charge in [0.25, 0.3) is 0 Å². The van der Waals surface area contributed by atoms with Crippen molar-refractivity contribution in [2.24, 2.45) is 0 Å². The number of rotatable bonds is 51. The van der Waals surface area contributed by atoms with Crippen molar-refractivity contribution in [3.05, 3.63) is 72.9 Å². The SMILES string of the molecule is CC/C=C\C/C=C\C/C=C\C/C=C\CCCCCCCCCCCCCCCCC(=O)OCC(COC(=O)CCCCCCCCC)OC(=O)CCCCCCC/C=C\C/C=C\CCCCC. The zero-order valence-corrected chi connectivity index (χ0v) is 44.2. The summed E-state index contributed by atoms with van der Waals surface area (Å²) in [6, 6.07) is 0. The molecule has 67 heavy (non-hydrogen) atoms. The molecule has 0 fully saturated rings. The fourth-order valence-electron chi connectivity index (χ4n) is 7.93. The van der Waals surface area contributed by atoms with Crippen LogP contribution >= 0.6 is 0 Å². The molecule has 0 aromatic rings. The Balaban J connectivity index is 4.12. The first-order chi connectivity index (χ1) is 33.0. The Morgan fingerprint density at radius 3 is 0.940 bits per heavy atom. The third-order valence-corrected chi connectivity index (χ3v) is 12.2. The average Bonchev–Trinajstić information content (AvgIpc) is 3.33. The maximum Gasteiger partial charge on any atom is 0.306 e. The van der Waals surface area contributed by atoms with E-state index < -0.39 is 6.10 Å². The lowest BCUT2D eigenvalue weighted by Crippen LogP contribution is -2.30. The van der Waals surface area contributed by atoms with Crippen LogP contribution in [0.4, 0.5) is 0 Å². The molecule has 0 heterocycles. The van der Waals surface area contributed by atoms with Gasteiger partial charge in [0.1, 0.15) is 13.2 Å². The minimum Gasteiger partial charge on any atom is -0.462 e. The summed E-state index contributed by atoms with van der Waals surface area (Å²) in [7, 11) is 0. The van der Waals surface area contributed by atoms with Crippen molar-refractivity contribution in [1.29, 1.82) is 0 Å². The molecule has 0 bridgehead atoms.